The standard InChI is InChI=1S/C26H30BrN5O3/c1-15-10-19(4-5-20(15)27)32-25-24-26(31-14-30-25)35-21-12-22(33-3)23(11-18(21)13-29-24)34-16(2)17-6-8-28-9-7-17/h4-5,10-12,14,16-17,28-29H,6-9,13H2,1-3H3,(H,30,31,32). The second-order valence-electron chi connectivity index (χ2n) is 8.97. The zero-order valence-corrected chi connectivity index (χ0v) is 21.7. The summed E-state index contributed by atoms with van der Waals surface area (Å²) in [4.78, 5) is 8.83. The number of aryl methyl sites for hydroxylation is 1. The van der Waals surface area contributed by atoms with Gasteiger partial charge >= 0.3 is 0 Å². The molecular weight excluding hydrogens is 510 g/mol. The van der Waals surface area contributed by atoms with Crippen molar-refractivity contribution in [2.75, 3.05) is 30.8 Å². The summed E-state index contributed by atoms with van der Waals surface area (Å²) in [5.74, 6) is 3.67. The molecule has 0 amide bonds. The van der Waals surface area contributed by atoms with Crippen LogP contribution in [-0.4, -0.2) is 36.3 Å². The Balaban J connectivity index is 1.39. The van der Waals surface area contributed by atoms with E-state index in [0.717, 1.165) is 53.0 Å². The first-order chi connectivity index (χ1) is 17.0. The third-order valence-corrected chi connectivity index (χ3v) is 7.49. The summed E-state index contributed by atoms with van der Waals surface area (Å²) >= 11 is 3.55. The Morgan fingerprint density at radius 1 is 1.14 bits per heavy atom. The molecule has 0 spiro atoms. The molecule has 3 aromatic rings. The van der Waals surface area contributed by atoms with Crippen molar-refractivity contribution < 1.29 is 14.2 Å². The highest BCUT2D eigenvalue weighted by Crippen LogP contribution is 2.43. The highest BCUT2D eigenvalue weighted by Gasteiger charge is 2.25. The van der Waals surface area contributed by atoms with Gasteiger partial charge in [0.2, 0.25) is 5.88 Å². The minimum Gasteiger partial charge on any atom is -0.493 e. The van der Waals surface area contributed by atoms with E-state index in [0.29, 0.717) is 41.3 Å². The van der Waals surface area contributed by atoms with Crippen LogP contribution in [0.2, 0.25) is 0 Å². The van der Waals surface area contributed by atoms with Crippen molar-refractivity contribution in [3.63, 3.8) is 0 Å². The van der Waals surface area contributed by atoms with Gasteiger partial charge < -0.3 is 30.2 Å². The number of rotatable bonds is 6. The van der Waals surface area contributed by atoms with Gasteiger partial charge in [0.25, 0.3) is 0 Å². The van der Waals surface area contributed by atoms with Crippen molar-refractivity contribution in [1.82, 2.24) is 15.3 Å². The Hall–Kier alpha value is -3.04. The minimum atomic E-state index is 0.0944. The van der Waals surface area contributed by atoms with E-state index < -0.39 is 0 Å². The Morgan fingerprint density at radius 2 is 1.97 bits per heavy atom. The van der Waals surface area contributed by atoms with Crippen LogP contribution in [0.5, 0.6) is 23.1 Å². The minimum absolute atomic E-state index is 0.0944. The number of anilines is 3. The average Bonchev–Trinajstić information content (AvgIpc) is 3.05. The second-order valence-corrected chi connectivity index (χ2v) is 9.82. The zero-order chi connectivity index (χ0) is 24.4. The molecular formula is C26H30BrN5O3. The fourth-order valence-corrected chi connectivity index (χ4v) is 4.77. The van der Waals surface area contributed by atoms with Crippen LogP contribution in [0.1, 0.15) is 30.9 Å². The molecule has 184 valence electrons. The first kappa shape index (κ1) is 23.7. The molecule has 0 saturated carbocycles. The van der Waals surface area contributed by atoms with Crippen LogP contribution < -0.4 is 30.2 Å². The SMILES string of the molecule is COc1cc2c(cc1OC(C)C1CCNCC1)CNc1c(Nc3ccc(Br)c(C)c3)ncnc1O2. The molecule has 1 atom stereocenters. The monoisotopic (exact) mass is 539 g/mol. The summed E-state index contributed by atoms with van der Waals surface area (Å²) in [6.07, 6.45) is 3.81. The first-order valence-electron chi connectivity index (χ1n) is 11.9. The molecule has 0 bridgehead atoms. The number of halogens is 1. The van der Waals surface area contributed by atoms with Crippen LogP contribution in [-0.2, 0) is 6.54 Å². The van der Waals surface area contributed by atoms with Crippen molar-refractivity contribution in [3.05, 3.63) is 52.3 Å². The van der Waals surface area contributed by atoms with Crippen molar-refractivity contribution in [2.24, 2.45) is 5.92 Å². The largest absolute Gasteiger partial charge is 0.493 e. The van der Waals surface area contributed by atoms with Gasteiger partial charge in [-0.25, -0.2) is 4.98 Å². The van der Waals surface area contributed by atoms with E-state index in [9.17, 15) is 0 Å². The quantitative estimate of drug-likeness (QED) is 0.363. The van der Waals surface area contributed by atoms with Crippen LogP contribution in [0, 0.1) is 12.8 Å². The Labute approximate surface area is 213 Å². The predicted molar refractivity (Wildman–Crippen MR) is 140 cm³/mol. The lowest BCUT2D eigenvalue weighted by Gasteiger charge is -2.29. The highest BCUT2D eigenvalue weighted by atomic mass is 79.9. The van der Waals surface area contributed by atoms with Crippen LogP contribution in [0.3, 0.4) is 0 Å². The number of methoxy groups -OCH3 is 1. The molecule has 2 aromatic carbocycles. The van der Waals surface area contributed by atoms with Gasteiger partial charge in [-0.15, -0.1) is 0 Å². The third-order valence-electron chi connectivity index (χ3n) is 6.60. The number of nitrogens with zero attached hydrogens (tertiary/aromatic N) is 2. The average molecular weight is 540 g/mol. The molecule has 9 heteroatoms. The highest BCUT2D eigenvalue weighted by molar-refractivity contribution is 9.10. The number of fused-ring (bicyclic) bond motifs is 2. The zero-order valence-electron chi connectivity index (χ0n) is 20.2. The van der Waals surface area contributed by atoms with E-state index in [1.165, 1.54) is 6.33 Å². The van der Waals surface area contributed by atoms with Crippen LogP contribution in [0.15, 0.2) is 41.1 Å². The maximum Gasteiger partial charge on any atom is 0.248 e. The van der Waals surface area contributed by atoms with Gasteiger partial charge in [0.05, 0.1) is 13.2 Å². The fraction of sp³-hybridized carbons (Fsp3) is 0.385. The van der Waals surface area contributed by atoms with Gasteiger partial charge in [-0.3, -0.25) is 0 Å². The second kappa shape index (κ2) is 10.3. The Morgan fingerprint density at radius 3 is 2.74 bits per heavy atom. The summed E-state index contributed by atoms with van der Waals surface area (Å²) in [7, 11) is 1.65. The lowest BCUT2D eigenvalue weighted by molar-refractivity contribution is 0.124. The summed E-state index contributed by atoms with van der Waals surface area (Å²) in [5, 5.41) is 10.2. The van der Waals surface area contributed by atoms with Gasteiger partial charge in [0.1, 0.15) is 17.8 Å². The Bertz CT molecular complexity index is 1220. The molecule has 35 heavy (non-hydrogen) atoms. The van der Waals surface area contributed by atoms with Crippen molar-refractivity contribution >= 4 is 33.1 Å². The number of benzene rings is 2. The van der Waals surface area contributed by atoms with Gasteiger partial charge in [-0.2, -0.15) is 4.98 Å². The van der Waals surface area contributed by atoms with Crippen molar-refractivity contribution in [2.45, 2.75) is 39.3 Å². The molecule has 1 unspecified atom stereocenters. The summed E-state index contributed by atoms with van der Waals surface area (Å²) in [5.41, 5.74) is 3.72. The lowest BCUT2D eigenvalue weighted by atomic mass is 9.93. The van der Waals surface area contributed by atoms with Crippen LogP contribution in [0.4, 0.5) is 17.2 Å². The topological polar surface area (TPSA) is 89.6 Å². The van der Waals surface area contributed by atoms with Gasteiger partial charge in [-0.1, -0.05) is 15.9 Å². The summed E-state index contributed by atoms with van der Waals surface area (Å²) in [6.45, 7) is 6.79. The lowest BCUT2D eigenvalue weighted by Crippen LogP contribution is -2.35. The molecule has 3 heterocycles. The van der Waals surface area contributed by atoms with E-state index >= 15 is 0 Å². The molecule has 0 radical (unpaired) electrons. The fourth-order valence-electron chi connectivity index (χ4n) is 4.53. The van der Waals surface area contributed by atoms with E-state index in [4.69, 9.17) is 14.2 Å². The van der Waals surface area contributed by atoms with E-state index in [2.05, 4.69) is 54.8 Å². The smallest absolute Gasteiger partial charge is 0.248 e. The van der Waals surface area contributed by atoms with Crippen LogP contribution >= 0.6 is 15.9 Å². The molecule has 1 saturated heterocycles. The molecule has 8 nitrogen and oxygen atoms in total. The molecule has 1 fully saturated rings. The number of piperidine rings is 1. The first-order valence-corrected chi connectivity index (χ1v) is 12.7. The van der Waals surface area contributed by atoms with Gasteiger partial charge in [0, 0.05) is 28.3 Å². The number of hydrogen-bond donors (Lipinski definition) is 3. The number of ether oxygens (including phenoxy) is 3. The molecule has 3 N–H and O–H groups in total. The molecule has 5 rings (SSSR count). The van der Waals surface area contributed by atoms with Crippen molar-refractivity contribution in [1.29, 1.82) is 0 Å². The van der Waals surface area contributed by atoms with E-state index in [-0.39, 0.29) is 6.10 Å². The molecule has 2 aliphatic heterocycles. The predicted octanol–water partition coefficient (Wildman–Crippen LogP) is 5.78. The summed E-state index contributed by atoms with van der Waals surface area (Å²) < 4.78 is 19.4. The van der Waals surface area contributed by atoms with E-state index in [1.807, 2.05) is 31.2 Å². The van der Waals surface area contributed by atoms with Gasteiger partial charge in [0.15, 0.2) is 17.3 Å². The Kier molecular flexibility index (Phi) is 6.97. The molecule has 2 aliphatic rings. The normalized spacial score (nSPS) is 16.1. The number of aromatic nitrogens is 2. The number of nitrogens with one attached hydrogen (secondary N) is 3. The molecule has 0 aliphatic carbocycles. The molecule has 1 aromatic heterocycles. The third kappa shape index (κ3) is 5.16. The summed E-state index contributed by atoms with van der Waals surface area (Å²) in [6, 6.07) is 9.95. The van der Waals surface area contributed by atoms with Gasteiger partial charge in [-0.05, 0) is 75.5 Å². The van der Waals surface area contributed by atoms with Crippen LogP contribution in [0.25, 0.3) is 0 Å². The maximum absolute atomic E-state index is 6.40. The maximum atomic E-state index is 6.40. The van der Waals surface area contributed by atoms with E-state index in [1.54, 1.807) is 7.11 Å². The van der Waals surface area contributed by atoms with Crippen molar-refractivity contribution in [3.8, 4) is 23.1 Å². The number of hydrogen-bond acceptors (Lipinski definition) is 8.